The fraction of sp³-hybridized carbons (Fsp3) is 0.533. The van der Waals surface area contributed by atoms with Crippen LogP contribution in [0.3, 0.4) is 0 Å². The fourth-order valence-electron chi connectivity index (χ4n) is 2.15. The third-order valence-electron chi connectivity index (χ3n) is 3.62. The van der Waals surface area contributed by atoms with E-state index in [2.05, 4.69) is 0 Å². The Balaban J connectivity index is 0.000000240. The maximum atomic E-state index is 11.0. The molecule has 3 atom stereocenters. The van der Waals surface area contributed by atoms with E-state index in [1.165, 1.54) is 4.31 Å². The van der Waals surface area contributed by atoms with Gasteiger partial charge in [-0.25, -0.2) is 13.2 Å². The number of hydrogen-bond acceptors (Lipinski definition) is 6. The Morgan fingerprint density at radius 3 is 2.42 bits per heavy atom. The predicted octanol–water partition coefficient (Wildman–Crippen LogP) is -0.985. The second kappa shape index (κ2) is 9.09. The highest BCUT2D eigenvalue weighted by Gasteiger charge is 2.29. The number of aliphatic carboxylic acids is 1. The molecular weight excluding hydrogens is 336 g/mol. The molecule has 0 unspecified atom stereocenters. The lowest BCUT2D eigenvalue weighted by atomic mass is 10.1. The first-order valence-electron chi connectivity index (χ1n) is 7.45. The van der Waals surface area contributed by atoms with Crippen LogP contribution >= 0.6 is 0 Å². The number of hydrogen-bond donors (Lipinski definition) is 4. The molecule has 0 radical (unpaired) electrons. The number of piperidine rings is 1. The molecule has 2 rings (SSSR count). The summed E-state index contributed by atoms with van der Waals surface area (Å²) in [5, 5.41) is 26.7. The number of carbonyl (C=O) groups is 1. The monoisotopic (exact) mass is 360 g/mol. The Kier molecular flexibility index (Phi) is 7.77. The quantitative estimate of drug-likeness (QED) is 0.540. The van der Waals surface area contributed by atoms with Crippen LogP contribution < -0.4 is 5.73 Å². The van der Waals surface area contributed by atoms with Gasteiger partial charge in [-0.1, -0.05) is 30.3 Å². The van der Waals surface area contributed by atoms with E-state index >= 15 is 0 Å². The van der Waals surface area contributed by atoms with E-state index in [1.54, 1.807) is 12.1 Å². The number of aliphatic hydroxyl groups is 2. The number of rotatable bonds is 4. The average Bonchev–Trinajstić information content (AvgIpc) is 2.50. The van der Waals surface area contributed by atoms with Crippen molar-refractivity contribution in [2.75, 3.05) is 19.3 Å². The molecule has 0 saturated carbocycles. The molecule has 5 N–H and O–H groups in total. The number of nitrogens with zero attached hydrogens (tertiary/aromatic N) is 1. The second-order valence-corrected chi connectivity index (χ2v) is 7.67. The molecule has 1 heterocycles. The molecule has 0 bridgehead atoms. The van der Waals surface area contributed by atoms with Crippen molar-refractivity contribution in [2.45, 2.75) is 31.1 Å². The largest absolute Gasteiger partial charge is 0.479 e. The van der Waals surface area contributed by atoms with Gasteiger partial charge in [0.25, 0.3) is 0 Å². The molecule has 1 saturated heterocycles. The standard InChI is InChI=1S/C9H10O3.C6H14N2O3S/c10-8(9(11)12)6-7-4-2-1-3-5-7;1-12(10,11)8-3-2-5(7)6(9)4-8/h1-5,8,10H,6H2,(H,11,12);5-6,9H,2-4,7H2,1H3/t8-;5-,6-/m01/s1. The van der Waals surface area contributed by atoms with E-state index < -0.39 is 28.2 Å². The zero-order valence-corrected chi connectivity index (χ0v) is 14.3. The summed E-state index contributed by atoms with van der Waals surface area (Å²) in [5.41, 5.74) is 6.34. The molecule has 0 aromatic heterocycles. The topological polar surface area (TPSA) is 141 Å². The van der Waals surface area contributed by atoms with Crippen LogP contribution in [0.1, 0.15) is 12.0 Å². The molecule has 0 spiro atoms. The molecular formula is C15H24N2O6S. The minimum Gasteiger partial charge on any atom is -0.479 e. The van der Waals surface area contributed by atoms with Gasteiger partial charge in [0.1, 0.15) is 0 Å². The maximum Gasteiger partial charge on any atom is 0.332 e. The van der Waals surface area contributed by atoms with Crippen molar-refractivity contribution < 1.29 is 28.5 Å². The lowest BCUT2D eigenvalue weighted by Crippen LogP contribution is -2.51. The summed E-state index contributed by atoms with van der Waals surface area (Å²) < 4.78 is 23.3. The molecule has 24 heavy (non-hydrogen) atoms. The number of carboxylic acids is 1. The van der Waals surface area contributed by atoms with E-state index in [-0.39, 0.29) is 19.0 Å². The molecule has 8 nitrogen and oxygen atoms in total. The third-order valence-corrected chi connectivity index (χ3v) is 4.89. The smallest absolute Gasteiger partial charge is 0.332 e. The van der Waals surface area contributed by atoms with Crippen LogP contribution in [-0.2, 0) is 21.2 Å². The first-order chi connectivity index (χ1) is 11.1. The minimum absolute atomic E-state index is 0.125. The number of sulfonamides is 1. The predicted molar refractivity (Wildman–Crippen MR) is 88.8 cm³/mol. The summed E-state index contributed by atoms with van der Waals surface area (Å²) in [6.07, 6.45) is -0.207. The third kappa shape index (κ3) is 6.93. The van der Waals surface area contributed by atoms with Gasteiger partial charge < -0.3 is 21.1 Å². The normalized spacial score (nSPS) is 23.0. The van der Waals surface area contributed by atoms with Crippen LogP contribution in [0.5, 0.6) is 0 Å². The van der Waals surface area contributed by atoms with Gasteiger partial charge in [0, 0.05) is 25.6 Å². The molecule has 0 aliphatic carbocycles. The number of carboxylic acid groups (broad SMARTS) is 1. The van der Waals surface area contributed by atoms with Gasteiger partial charge in [-0.3, -0.25) is 0 Å². The Bertz CT molecular complexity index is 622. The Morgan fingerprint density at radius 2 is 1.96 bits per heavy atom. The second-order valence-electron chi connectivity index (χ2n) is 5.68. The summed E-state index contributed by atoms with van der Waals surface area (Å²) >= 11 is 0. The van der Waals surface area contributed by atoms with Crippen LogP contribution in [0.25, 0.3) is 0 Å². The number of nitrogens with two attached hydrogens (primary N) is 1. The van der Waals surface area contributed by atoms with Gasteiger partial charge in [-0.2, -0.15) is 4.31 Å². The van der Waals surface area contributed by atoms with Crippen molar-refractivity contribution in [3.05, 3.63) is 35.9 Å². The van der Waals surface area contributed by atoms with Crippen LogP contribution in [0.2, 0.25) is 0 Å². The van der Waals surface area contributed by atoms with Crippen molar-refractivity contribution in [1.82, 2.24) is 4.31 Å². The van der Waals surface area contributed by atoms with Crippen LogP contribution in [0, 0.1) is 0 Å². The molecule has 9 heteroatoms. The average molecular weight is 360 g/mol. The summed E-state index contributed by atoms with van der Waals surface area (Å²) in [6.45, 7) is 0.539. The first-order valence-corrected chi connectivity index (χ1v) is 9.29. The van der Waals surface area contributed by atoms with E-state index in [4.69, 9.17) is 15.9 Å². The van der Waals surface area contributed by atoms with Gasteiger partial charge in [0.15, 0.2) is 6.10 Å². The van der Waals surface area contributed by atoms with Crippen LogP contribution in [-0.4, -0.2) is 71.6 Å². The van der Waals surface area contributed by atoms with E-state index in [0.29, 0.717) is 13.0 Å². The summed E-state index contributed by atoms with van der Waals surface area (Å²) in [4.78, 5) is 10.3. The highest BCUT2D eigenvalue weighted by molar-refractivity contribution is 7.88. The molecule has 1 fully saturated rings. The van der Waals surface area contributed by atoms with Gasteiger partial charge >= 0.3 is 5.97 Å². The van der Waals surface area contributed by atoms with Crippen molar-refractivity contribution in [2.24, 2.45) is 5.73 Å². The molecule has 1 aromatic rings. The van der Waals surface area contributed by atoms with Gasteiger partial charge in [0.2, 0.25) is 10.0 Å². The SMILES string of the molecule is CS(=O)(=O)N1CC[C@@H](N)[C@H](O)C1.O=C(O)[C@@H](O)Cc1ccccc1. The Labute approximate surface area is 141 Å². The molecule has 1 aliphatic rings. The van der Waals surface area contributed by atoms with E-state index in [0.717, 1.165) is 11.8 Å². The van der Waals surface area contributed by atoms with Crippen LogP contribution in [0.15, 0.2) is 30.3 Å². The van der Waals surface area contributed by atoms with Gasteiger partial charge in [0.05, 0.1) is 12.4 Å². The minimum atomic E-state index is -3.16. The molecule has 1 aromatic carbocycles. The number of aliphatic hydroxyl groups excluding tert-OH is 2. The summed E-state index contributed by atoms with van der Waals surface area (Å²) in [7, 11) is -3.16. The number of β-amino-alcohol motifs (C(OH)–C–C–N with tert-alkyl or cyclic N) is 1. The lowest BCUT2D eigenvalue weighted by Gasteiger charge is -2.32. The Hall–Kier alpha value is -1.52. The van der Waals surface area contributed by atoms with Crippen molar-refractivity contribution >= 4 is 16.0 Å². The van der Waals surface area contributed by atoms with Gasteiger partial charge in [-0.05, 0) is 12.0 Å². The molecule has 0 amide bonds. The molecule has 136 valence electrons. The molecule has 1 aliphatic heterocycles. The maximum absolute atomic E-state index is 11.0. The highest BCUT2D eigenvalue weighted by atomic mass is 32.2. The lowest BCUT2D eigenvalue weighted by molar-refractivity contribution is -0.146. The van der Waals surface area contributed by atoms with Crippen molar-refractivity contribution in [3.63, 3.8) is 0 Å². The van der Waals surface area contributed by atoms with Crippen molar-refractivity contribution in [1.29, 1.82) is 0 Å². The Morgan fingerprint density at radius 1 is 1.38 bits per heavy atom. The van der Waals surface area contributed by atoms with E-state index in [9.17, 15) is 18.3 Å². The highest BCUT2D eigenvalue weighted by Crippen LogP contribution is 2.11. The number of benzene rings is 1. The van der Waals surface area contributed by atoms with Crippen LogP contribution in [0.4, 0.5) is 0 Å². The van der Waals surface area contributed by atoms with Gasteiger partial charge in [-0.15, -0.1) is 0 Å². The fourth-order valence-corrected chi connectivity index (χ4v) is 3.01. The zero-order chi connectivity index (χ0) is 18.3. The summed E-state index contributed by atoms with van der Waals surface area (Å²) in [5.74, 6) is -1.18. The summed E-state index contributed by atoms with van der Waals surface area (Å²) in [6, 6.07) is 8.74. The van der Waals surface area contributed by atoms with E-state index in [1.807, 2.05) is 18.2 Å². The first kappa shape index (κ1) is 20.5. The zero-order valence-electron chi connectivity index (χ0n) is 13.4. The van der Waals surface area contributed by atoms with Crippen molar-refractivity contribution in [3.8, 4) is 0 Å².